The Labute approximate surface area is 141 Å². The lowest BCUT2D eigenvalue weighted by Gasteiger charge is -2.24. The second-order valence-corrected chi connectivity index (χ2v) is 5.75. The Kier molecular flexibility index (Phi) is 4.79. The number of ether oxygens (including phenoxy) is 1. The van der Waals surface area contributed by atoms with Crippen LogP contribution in [0.5, 0.6) is 5.75 Å². The van der Waals surface area contributed by atoms with Gasteiger partial charge in [0.1, 0.15) is 5.75 Å². The van der Waals surface area contributed by atoms with Crippen molar-refractivity contribution < 1.29 is 14.3 Å². The molecule has 0 bridgehead atoms. The first kappa shape index (κ1) is 16.1. The average Bonchev–Trinajstić information content (AvgIpc) is 2.61. The van der Waals surface area contributed by atoms with Crippen LogP contribution in [-0.2, 0) is 16.0 Å². The van der Waals surface area contributed by atoms with Gasteiger partial charge in [-0.25, -0.2) is 0 Å². The predicted octanol–water partition coefficient (Wildman–Crippen LogP) is 2.48. The molecular formula is C19H20N2O3. The third-order valence-electron chi connectivity index (χ3n) is 4.20. The van der Waals surface area contributed by atoms with Gasteiger partial charge in [-0.05, 0) is 29.7 Å². The molecule has 0 aromatic heterocycles. The average molecular weight is 324 g/mol. The predicted molar refractivity (Wildman–Crippen MR) is 92.1 cm³/mol. The fourth-order valence-electron chi connectivity index (χ4n) is 3.00. The number of hydrogen-bond donors (Lipinski definition) is 2. The Morgan fingerprint density at radius 3 is 2.79 bits per heavy atom. The van der Waals surface area contributed by atoms with Crippen LogP contribution in [-0.4, -0.2) is 25.5 Å². The van der Waals surface area contributed by atoms with Crippen LogP contribution in [0.1, 0.15) is 23.5 Å². The van der Waals surface area contributed by atoms with Crippen LogP contribution in [0.3, 0.4) is 0 Å². The molecule has 5 nitrogen and oxygen atoms in total. The molecule has 124 valence electrons. The lowest BCUT2D eigenvalue weighted by molar-refractivity contribution is -0.126. The molecule has 0 saturated carbocycles. The zero-order chi connectivity index (χ0) is 16.9. The highest BCUT2D eigenvalue weighted by atomic mass is 16.5. The molecule has 3 rings (SSSR count). The van der Waals surface area contributed by atoms with E-state index in [1.54, 1.807) is 7.11 Å². The van der Waals surface area contributed by atoms with Crippen LogP contribution in [0.4, 0.5) is 5.69 Å². The summed E-state index contributed by atoms with van der Waals surface area (Å²) >= 11 is 0. The molecule has 2 N–H and O–H groups in total. The Morgan fingerprint density at radius 2 is 1.96 bits per heavy atom. The molecule has 2 aromatic rings. The second kappa shape index (κ2) is 7.17. The van der Waals surface area contributed by atoms with Crippen molar-refractivity contribution >= 4 is 17.5 Å². The van der Waals surface area contributed by atoms with Gasteiger partial charge in [-0.1, -0.05) is 36.4 Å². The standard InChI is InChI=1S/C19H20N2O3/c1-24-17-9-5-2-6-13(17)10-11-20-19(23)15-12-18(22)21-16-8-4-3-7-14(15)16/h2-9,15H,10-12H2,1H3,(H,20,23)(H,21,22). The van der Waals surface area contributed by atoms with Gasteiger partial charge >= 0.3 is 0 Å². The Balaban J connectivity index is 1.64. The Morgan fingerprint density at radius 1 is 1.21 bits per heavy atom. The number of para-hydroxylation sites is 2. The van der Waals surface area contributed by atoms with Crippen molar-refractivity contribution in [2.45, 2.75) is 18.8 Å². The SMILES string of the molecule is COc1ccccc1CCNC(=O)C1CC(=O)Nc2ccccc21. The van der Waals surface area contributed by atoms with Gasteiger partial charge in [0.2, 0.25) is 11.8 Å². The summed E-state index contributed by atoms with van der Waals surface area (Å²) in [7, 11) is 1.63. The highest BCUT2D eigenvalue weighted by Gasteiger charge is 2.30. The lowest BCUT2D eigenvalue weighted by Crippen LogP contribution is -2.35. The molecule has 2 amide bonds. The van der Waals surface area contributed by atoms with Gasteiger partial charge in [-0.3, -0.25) is 9.59 Å². The van der Waals surface area contributed by atoms with Crippen LogP contribution < -0.4 is 15.4 Å². The van der Waals surface area contributed by atoms with E-state index in [2.05, 4.69) is 10.6 Å². The van der Waals surface area contributed by atoms with E-state index in [1.807, 2.05) is 48.5 Å². The van der Waals surface area contributed by atoms with Crippen molar-refractivity contribution in [2.75, 3.05) is 19.0 Å². The van der Waals surface area contributed by atoms with Crippen molar-refractivity contribution in [3.8, 4) is 5.75 Å². The van der Waals surface area contributed by atoms with Crippen molar-refractivity contribution in [1.82, 2.24) is 5.32 Å². The number of amides is 2. The Bertz CT molecular complexity index is 758. The van der Waals surface area contributed by atoms with Gasteiger partial charge < -0.3 is 15.4 Å². The minimum Gasteiger partial charge on any atom is -0.496 e. The topological polar surface area (TPSA) is 67.4 Å². The number of benzene rings is 2. The third kappa shape index (κ3) is 3.40. The summed E-state index contributed by atoms with van der Waals surface area (Å²) in [5, 5.41) is 5.75. The van der Waals surface area contributed by atoms with E-state index in [-0.39, 0.29) is 18.2 Å². The van der Waals surface area contributed by atoms with Gasteiger partial charge in [0.15, 0.2) is 0 Å². The van der Waals surface area contributed by atoms with Gasteiger partial charge in [0.25, 0.3) is 0 Å². The minimum atomic E-state index is -0.437. The normalized spacial score (nSPS) is 16.0. The molecule has 0 fully saturated rings. The lowest BCUT2D eigenvalue weighted by atomic mass is 9.90. The first-order chi connectivity index (χ1) is 11.7. The number of nitrogens with one attached hydrogen (secondary N) is 2. The van der Waals surface area contributed by atoms with E-state index in [1.165, 1.54) is 0 Å². The van der Waals surface area contributed by atoms with E-state index in [9.17, 15) is 9.59 Å². The summed E-state index contributed by atoms with van der Waals surface area (Å²) in [6.07, 6.45) is 0.855. The highest BCUT2D eigenvalue weighted by Crippen LogP contribution is 2.31. The highest BCUT2D eigenvalue weighted by molar-refractivity contribution is 6.01. The molecule has 1 aliphatic heterocycles. The molecule has 0 spiro atoms. The molecule has 0 radical (unpaired) electrons. The summed E-state index contributed by atoms with van der Waals surface area (Å²) in [6, 6.07) is 15.2. The van der Waals surface area contributed by atoms with Crippen molar-refractivity contribution in [1.29, 1.82) is 0 Å². The summed E-state index contributed by atoms with van der Waals surface area (Å²) in [5.41, 5.74) is 2.63. The largest absolute Gasteiger partial charge is 0.496 e. The van der Waals surface area contributed by atoms with E-state index < -0.39 is 5.92 Å². The number of carbonyl (C=O) groups excluding carboxylic acids is 2. The maximum atomic E-state index is 12.5. The summed E-state index contributed by atoms with van der Waals surface area (Å²) in [6.45, 7) is 0.499. The quantitative estimate of drug-likeness (QED) is 0.888. The van der Waals surface area contributed by atoms with Gasteiger partial charge in [-0.2, -0.15) is 0 Å². The van der Waals surface area contributed by atoms with Crippen LogP contribution in [0.25, 0.3) is 0 Å². The van der Waals surface area contributed by atoms with Crippen LogP contribution in [0.15, 0.2) is 48.5 Å². The van der Waals surface area contributed by atoms with E-state index >= 15 is 0 Å². The molecule has 1 aliphatic rings. The summed E-state index contributed by atoms with van der Waals surface area (Å²) < 4.78 is 5.31. The monoisotopic (exact) mass is 324 g/mol. The van der Waals surface area contributed by atoms with Crippen LogP contribution >= 0.6 is 0 Å². The molecule has 1 atom stereocenters. The molecule has 5 heteroatoms. The summed E-state index contributed by atoms with van der Waals surface area (Å²) in [5.74, 6) is 0.132. The zero-order valence-corrected chi connectivity index (χ0v) is 13.5. The number of carbonyl (C=O) groups is 2. The number of rotatable bonds is 5. The number of anilines is 1. The van der Waals surface area contributed by atoms with Gasteiger partial charge in [0.05, 0.1) is 13.0 Å². The van der Waals surface area contributed by atoms with Crippen molar-refractivity contribution in [2.24, 2.45) is 0 Å². The van der Waals surface area contributed by atoms with E-state index in [0.717, 1.165) is 22.6 Å². The Hall–Kier alpha value is -2.82. The van der Waals surface area contributed by atoms with Crippen molar-refractivity contribution in [3.63, 3.8) is 0 Å². The zero-order valence-electron chi connectivity index (χ0n) is 13.5. The third-order valence-corrected chi connectivity index (χ3v) is 4.20. The first-order valence-corrected chi connectivity index (χ1v) is 7.97. The number of hydrogen-bond acceptors (Lipinski definition) is 3. The smallest absolute Gasteiger partial charge is 0.228 e. The van der Waals surface area contributed by atoms with E-state index in [4.69, 9.17) is 4.74 Å². The van der Waals surface area contributed by atoms with Crippen LogP contribution in [0, 0.1) is 0 Å². The maximum absolute atomic E-state index is 12.5. The first-order valence-electron chi connectivity index (χ1n) is 7.97. The maximum Gasteiger partial charge on any atom is 0.228 e. The number of fused-ring (bicyclic) bond motifs is 1. The molecule has 2 aromatic carbocycles. The molecule has 1 unspecified atom stereocenters. The number of methoxy groups -OCH3 is 1. The second-order valence-electron chi connectivity index (χ2n) is 5.75. The fourth-order valence-corrected chi connectivity index (χ4v) is 3.00. The minimum absolute atomic E-state index is 0.118. The fraction of sp³-hybridized carbons (Fsp3) is 0.263. The van der Waals surface area contributed by atoms with Crippen molar-refractivity contribution in [3.05, 3.63) is 59.7 Å². The van der Waals surface area contributed by atoms with Gasteiger partial charge in [-0.15, -0.1) is 0 Å². The molecular weight excluding hydrogens is 304 g/mol. The van der Waals surface area contributed by atoms with Crippen LogP contribution in [0.2, 0.25) is 0 Å². The molecule has 0 saturated heterocycles. The summed E-state index contributed by atoms with van der Waals surface area (Å²) in [4.78, 5) is 24.3. The molecule has 24 heavy (non-hydrogen) atoms. The van der Waals surface area contributed by atoms with E-state index in [0.29, 0.717) is 13.0 Å². The van der Waals surface area contributed by atoms with Gasteiger partial charge in [0, 0.05) is 18.7 Å². The molecule has 1 heterocycles. The molecule has 0 aliphatic carbocycles.